The molecule has 1 N–H and O–H groups in total. The SMILES string of the molecule is Cn1ncc(Cl)c1Nc1nccc(-c2cc(C#N)c3c(c2)CCN3C(=O)Cc2cccnc2Cl)n1. The minimum atomic E-state index is -0.135. The molecule has 0 saturated heterocycles. The van der Waals surface area contributed by atoms with E-state index in [4.69, 9.17) is 23.2 Å². The van der Waals surface area contributed by atoms with Crippen molar-refractivity contribution in [2.24, 2.45) is 7.05 Å². The van der Waals surface area contributed by atoms with E-state index in [9.17, 15) is 10.1 Å². The zero-order chi connectivity index (χ0) is 24.5. The van der Waals surface area contributed by atoms with Crippen LogP contribution in [0.4, 0.5) is 17.5 Å². The van der Waals surface area contributed by atoms with Crippen molar-refractivity contribution in [2.45, 2.75) is 12.8 Å². The smallest absolute Gasteiger partial charge is 0.231 e. The fourth-order valence-electron chi connectivity index (χ4n) is 4.08. The molecular formula is C24H18Cl2N8O. The van der Waals surface area contributed by atoms with Crippen molar-refractivity contribution >= 4 is 46.6 Å². The van der Waals surface area contributed by atoms with Crippen LogP contribution in [0.25, 0.3) is 11.3 Å². The molecule has 0 bridgehead atoms. The van der Waals surface area contributed by atoms with E-state index in [-0.39, 0.29) is 12.3 Å². The molecule has 174 valence electrons. The molecule has 0 spiro atoms. The van der Waals surface area contributed by atoms with Gasteiger partial charge < -0.3 is 10.2 Å². The van der Waals surface area contributed by atoms with Gasteiger partial charge in [0.05, 0.1) is 29.6 Å². The van der Waals surface area contributed by atoms with Gasteiger partial charge in [0, 0.05) is 31.5 Å². The number of carbonyl (C=O) groups is 1. The van der Waals surface area contributed by atoms with Crippen molar-refractivity contribution in [2.75, 3.05) is 16.8 Å². The van der Waals surface area contributed by atoms with E-state index in [2.05, 4.69) is 31.4 Å². The summed E-state index contributed by atoms with van der Waals surface area (Å²) in [6, 6.07) is 11.2. The lowest BCUT2D eigenvalue weighted by Gasteiger charge is -2.19. The number of nitriles is 1. The van der Waals surface area contributed by atoms with E-state index in [0.717, 1.165) is 11.1 Å². The number of hydrogen-bond acceptors (Lipinski definition) is 7. The molecule has 1 aliphatic rings. The van der Waals surface area contributed by atoms with E-state index >= 15 is 0 Å². The van der Waals surface area contributed by atoms with Crippen LogP contribution in [0.1, 0.15) is 16.7 Å². The lowest BCUT2D eigenvalue weighted by atomic mass is 10.0. The molecular weight excluding hydrogens is 487 g/mol. The van der Waals surface area contributed by atoms with Gasteiger partial charge in [0.25, 0.3) is 0 Å². The number of pyridine rings is 1. The molecule has 0 saturated carbocycles. The van der Waals surface area contributed by atoms with Gasteiger partial charge in [0.2, 0.25) is 11.9 Å². The Labute approximate surface area is 211 Å². The average Bonchev–Trinajstić information content (AvgIpc) is 3.44. The summed E-state index contributed by atoms with van der Waals surface area (Å²) >= 11 is 12.3. The van der Waals surface area contributed by atoms with E-state index in [0.29, 0.717) is 57.4 Å². The van der Waals surface area contributed by atoms with Crippen LogP contribution in [-0.4, -0.2) is 37.2 Å². The van der Waals surface area contributed by atoms with Crippen LogP contribution in [0.5, 0.6) is 0 Å². The number of nitrogens with zero attached hydrogens (tertiary/aromatic N) is 7. The van der Waals surface area contributed by atoms with Gasteiger partial charge in [0.1, 0.15) is 22.1 Å². The third-order valence-corrected chi connectivity index (χ3v) is 6.36. The maximum Gasteiger partial charge on any atom is 0.231 e. The van der Waals surface area contributed by atoms with Crippen molar-refractivity contribution in [1.82, 2.24) is 24.7 Å². The highest BCUT2D eigenvalue weighted by Gasteiger charge is 2.29. The number of benzene rings is 1. The highest BCUT2D eigenvalue weighted by molar-refractivity contribution is 6.33. The summed E-state index contributed by atoms with van der Waals surface area (Å²) in [7, 11) is 1.76. The van der Waals surface area contributed by atoms with Crippen LogP contribution >= 0.6 is 23.2 Å². The summed E-state index contributed by atoms with van der Waals surface area (Å²) < 4.78 is 1.59. The first-order valence-electron chi connectivity index (χ1n) is 10.7. The predicted octanol–water partition coefficient (Wildman–Crippen LogP) is 4.33. The molecule has 0 fully saturated rings. The summed E-state index contributed by atoms with van der Waals surface area (Å²) in [5.41, 5.74) is 3.99. The summed E-state index contributed by atoms with van der Waals surface area (Å²) in [4.78, 5) is 27.6. The van der Waals surface area contributed by atoms with Crippen molar-refractivity contribution < 1.29 is 4.79 Å². The van der Waals surface area contributed by atoms with Crippen molar-refractivity contribution in [3.05, 3.63) is 75.8 Å². The van der Waals surface area contributed by atoms with Crippen molar-refractivity contribution in [1.29, 1.82) is 5.26 Å². The Morgan fingerprint density at radius 2 is 2.09 bits per heavy atom. The molecule has 3 aromatic heterocycles. The molecule has 4 aromatic rings. The minimum absolute atomic E-state index is 0.107. The van der Waals surface area contributed by atoms with Crippen molar-refractivity contribution in [3.63, 3.8) is 0 Å². The molecule has 35 heavy (non-hydrogen) atoms. The van der Waals surface area contributed by atoms with Crippen LogP contribution in [0, 0.1) is 11.3 Å². The normalized spacial score (nSPS) is 12.3. The number of aryl methyl sites for hydroxylation is 1. The second-order valence-corrected chi connectivity index (χ2v) is 8.69. The van der Waals surface area contributed by atoms with E-state index in [1.807, 2.05) is 6.07 Å². The maximum absolute atomic E-state index is 13.1. The van der Waals surface area contributed by atoms with Crippen LogP contribution in [-0.2, 0) is 24.7 Å². The first kappa shape index (κ1) is 22.8. The highest BCUT2D eigenvalue weighted by atomic mass is 35.5. The molecule has 0 aliphatic carbocycles. The monoisotopic (exact) mass is 504 g/mol. The largest absolute Gasteiger partial charge is 0.310 e. The lowest BCUT2D eigenvalue weighted by molar-refractivity contribution is -0.117. The number of hydrogen-bond donors (Lipinski definition) is 1. The zero-order valence-electron chi connectivity index (χ0n) is 18.5. The Bertz CT molecular complexity index is 1470. The molecule has 4 heterocycles. The van der Waals surface area contributed by atoms with Crippen LogP contribution in [0.2, 0.25) is 10.2 Å². The number of carbonyl (C=O) groups excluding carboxylic acids is 1. The second-order valence-electron chi connectivity index (χ2n) is 7.92. The Morgan fingerprint density at radius 1 is 1.23 bits per heavy atom. The fourth-order valence-corrected chi connectivity index (χ4v) is 4.48. The second kappa shape index (κ2) is 9.33. The Morgan fingerprint density at radius 3 is 2.83 bits per heavy atom. The predicted molar refractivity (Wildman–Crippen MR) is 133 cm³/mol. The van der Waals surface area contributed by atoms with Gasteiger partial charge in [-0.15, -0.1) is 0 Å². The maximum atomic E-state index is 13.1. The van der Waals surface area contributed by atoms with Gasteiger partial charge in [-0.25, -0.2) is 15.0 Å². The third kappa shape index (κ3) is 4.41. The Hall–Kier alpha value is -4.00. The average molecular weight is 505 g/mol. The molecule has 9 nitrogen and oxygen atoms in total. The Kier molecular flexibility index (Phi) is 6.07. The zero-order valence-corrected chi connectivity index (χ0v) is 20.0. The summed E-state index contributed by atoms with van der Waals surface area (Å²) in [5, 5.41) is 17.8. The van der Waals surface area contributed by atoms with Gasteiger partial charge in [-0.05, 0) is 41.8 Å². The number of fused-ring (bicyclic) bond motifs is 1. The van der Waals surface area contributed by atoms with E-state index in [1.165, 1.54) is 6.20 Å². The van der Waals surface area contributed by atoms with Gasteiger partial charge in [-0.2, -0.15) is 10.4 Å². The number of aromatic nitrogens is 5. The molecule has 1 aromatic carbocycles. The first-order valence-corrected chi connectivity index (χ1v) is 11.4. The van der Waals surface area contributed by atoms with E-state index < -0.39 is 0 Å². The third-order valence-electron chi connectivity index (χ3n) is 5.74. The van der Waals surface area contributed by atoms with Crippen LogP contribution in [0.15, 0.2) is 48.9 Å². The standard InChI is InChI=1S/C24H18Cl2N8O/c1-33-23(18(25)13-30-33)32-24-29-7-4-19(31-24)16-9-14-5-8-34(21(14)17(10-16)12-27)20(35)11-15-3-2-6-28-22(15)26/h2-4,6-7,9-10,13H,5,8,11H2,1H3,(H,29,31,32). The quantitative estimate of drug-likeness (QED) is 0.402. The summed E-state index contributed by atoms with van der Waals surface area (Å²) in [6.45, 7) is 0.486. The first-order chi connectivity index (χ1) is 16.9. The minimum Gasteiger partial charge on any atom is -0.310 e. The fraction of sp³-hybridized carbons (Fsp3) is 0.167. The molecule has 1 amide bonds. The number of anilines is 3. The van der Waals surface area contributed by atoms with Crippen LogP contribution < -0.4 is 10.2 Å². The molecule has 5 rings (SSSR count). The Balaban J connectivity index is 1.45. The van der Waals surface area contributed by atoms with Gasteiger partial charge >= 0.3 is 0 Å². The highest BCUT2D eigenvalue weighted by Crippen LogP contribution is 2.36. The molecule has 0 atom stereocenters. The molecule has 0 unspecified atom stereocenters. The number of rotatable bonds is 5. The molecule has 11 heteroatoms. The van der Waals surface area contributed by atoms with Crippen molar-refractivity contribution in [3.8, 4) is 17.3 Å². The number of halogens is 2. The van der Waals surface area contributed by atoms with Gasteiger partial charge in [0.15, 0.2) is 0 Å². The summed E-state index contributed by atoms with van der Waals surface area (Å²) in [6.07, 6.45) is 5.47. The lowest BCUT2D eigenvalue weighted by Crippen LogP contribution is -2.31. The molecule has 1 aliphatic heterocycles. The van der Waals surface area contributed by atoms with Gasteiger partial charge in [-0.3, -0.25) is 9.48 Å². The summed E-state index contributed by atoms with van der Waals surface area (Å²) in [5.74, 6) is 0.778. The van der Waals surface area contributed by atoms with E-state index in [1.54, 1.807) is 53.3 Å². The van der Waals surface area contributed by atoms with Gasteiger partial charge in [-0.1, -0.05) is 29.3 Å². The number of nitrogens with one attached hydrogen (secondary N) is 1. The van der Waals surface area contributed by atoms with Crippen LogP contribution in [0.3, 0.4) is 0 Å². The number of amides is 1. The molecule has 0 radical (unpaired) electrons. The topological polar surface area (TPSA) is 113 Å².